The fraction of sp³-hybridized carbons (Fsp3) is 0.533. The monoisotopic (exact) mass is 293 g/mol. The first-order valence-electron chi connectivity index (χ1n) is 6.92. The molecular formula is C15H19NO3S. The van der Waals surface area contributed by atoms with E-state index in [1.165, 1.54) is 0 Å². The van der Waals surface area contributed by atoms with Gasteiger partial charge in [-0.2, -0.15) is 5.26 Å². The second kappa shape index (κ2) is 6.76. The molecule has 0 amide bonds. The summed E-state index contributed by atoms with van der Waals surface area (Å²) >= 11 is 0. The van der Waals surface area contributed by atoms with Crippen LogP contribution in [0.4, 0.5) is 0 Å². The SMILES string of the molecule is N#Cc1cccc(OCCS(=O)(=O)CC2CCCC2)c1. The van der Waals surface area contributed by atoms with Gasteiger partial charge in [-0.1, -0.05) is 18.9 Å². The van der Waals surface area contributed by atoms with Crippen molar-refractivity contribution < 1.29 is 13.2 Å². The molecule has 1 aromatic carbocycles. The summed E-state index contributed by atoms with van der Waals surface area (Å²) in [6.07, 6.45) is 4.36. The minimum absolute atomic E-state index is 0.0419. The first-order chi connectivity index (χ1) is 9.59. The van der Waals surface area contributed by atoms with Gasteiger partial charge in [0.2, 0.25) is 0 Å². The van der Waals surface area contributed by atoms with Crippen LogP contribution in [0.2, 0.25) is 0 Å². The van der Waals surface area contributed by atoms with E-state index in [1.54, 1.807) is 24.3 Å². The van der Waals surface area contributed by atoms with E-state index in [0.29, 0.717) is 17.2 Å². The largest absolute Gasteiger partial charge is 0.492 e. The summed E-state index contributed by atoms with van der Waals surface area (Å²) in [5, 5.41) is 8.77. The molecule has 0 heterocycles. The van der Waals surface area contributed by atoms with Gasteiger partial charge in [-0.05, 0) is 37.0 Å². The van der Waals surface area contributed by atoms with E-state index in [-0.39, 0.29) is 18.1 Å². The molecule has 5 heteroatoms. The molecule has 0 spiro atoms. The molecule has 0 saturated heterocycles. The average Bonchev–Trinajstić information content (AvgIpc) is 2.91. The number of nitriles is 1. The van der Waals surface area contributed by atoms with E-state index in [1.807, 2.05) is 6.07 Å². The lowest BCUT2D eigenvalue weighted by Gasteiger charge is -2.10. The fourth-order valence-electron chi connectivity index (χ4n) is 2.56. The standard InChI is InChI=1S/C15H19NO3S/c16-11-14-6-3-7-15(10-14)19-8-9-20(17,18)12-13-4-1-2-5-13/h3,6-7,10,13H,1-2,4-5,8-9,12H2. The Labute approximate surface area is 120 Å². The second-order valence-electron chi connectivity index (χ2n) is 5.25. The van der Waals surface area contributed by atoms with Gasteiger partial charge in [0.25, 0.3) is 0 Å². The molecule has 4 nitrogen and oxygen atoms in total. The molecule has 1 aliphatic rings. The van der Waals surface area contributed by atoms with Gasteiger partial charge in [0.15, 0.2) is 9.84 Å². The van der Waals surface area contributed by atoms with Crippen molar-refractivity contribution in [2.24, 2.45) is 5.92 Å². The van der Waals surface area contributed by atoms with Crippen LogP contribution >= 0.6 is 0 Å². The molecule has 0 aromatic heterocycles. The Bertz CT molecular complexity index is 583. The highest BCUT2D eigenvalue weighted by atomic mass is 32.2. The topological polar surface area (TPSA) is 67.2 Å². The van der Waals surface area contributed by atoms with Crippen LogP contribution in [0.25, 0.3) is 0 Å². The van der Waals surface area contributed by atoms with Crippen molar-refractivity contribution in [2.75, 3.05) is 18.1 Å². The maximum absolute atomic E-state index is 12.0. The van der Waals surface area contributed by atoms with Crippen LogP contribution in [0.1, 0.15) is 31.2 Å². The van der Waals surface area contributed by atoms with Gasteiger partial charge in [-0.15, -0.1) is 0 Å². The van der Waals surface area contributed by atoms with Crippen LogP contribution < -0.4 is 4.74 Å². The third kappa shape index (κ3) is 4.53. The third-order valence-electron chi connectivity index (χ3n) is 3.59. The fourth-order valence-corrected chi connectivity index (χ4v) is 4.12. The first-order valence-corrected chi connectivity index (χ1v) is 8.74. The van der Waals surface area contributed by atoms with Crippen molar-refractivity contribution in [1.82, 2.24) is 0 Å². The molecule has 1 aromatic rings. The zero-order chi connectivity index (χ0) is 14.4. The number of nitrogens with zero attached hydrogens (tertiary/aromatic N) is 1. The highest BCUT2D eigenvalue weighted by Crippen LogP contribution is 2.26. The molecule has 20 heavy (non-hydrogen) atoms. The van der Waals surface area contributed by atoms with E-state index >= 15 is 0 Å². The quantitative estimate of drug-likeness (QED) is 0.808. The molecule has 2 rings (SSSR count). The van der Waals surface area contributed by atoms with E-state index in [0.717, 1.165) is 25.7 Å². The number of sulfone groups is 1. The maximum atomic E-state index is 12.0. The molecule has 108 valence electrons. The molecule has 0 N–H and O–H groups in total. The van der Waals surface area contributed by atoms with Crippen molar-refractivity contribution in [3.05, 3.63) is 29.8 Å². The Balaban J connectivity index is 1.80. The average molecular weight is 293 g/mol. The molecule has 1 saturated carbocycles. The molecule has 0 atom stereocenters. The molecular weight excluding hydrogens is 274 g/mol. The van der Waals surface area contributed by atoms with Crippen LogP contribution in [0.3, 0.4) is 0 Å². The lowest BCUT2D eigenvalue weighted by Crippen LogP contribution is -2.21. The Morgan fingerprint density at radius 1 is 1.30 bits per heavy atom. The van der Waals surface area contributed by atoms with Gasteiger partial charge in [0.05, 0.1) is 23.1 Å². The van der Waals surface area contributed by atoms with Crippen molar-refractivity contribution in [3.63, 3.8) is 0 Å². The van der Waals surface area contributed by atoms with E-state index in [4.69, 9.17) is 10.00 Å². The van der Waals surface area contributed by atoms with Crippen molar-refractivity contribution >= 4 is 9.84 Å². The summed E-state index contributed by atoms with van der Waals surface area (Å²) in [5.74, 6) is 1.21. The van der Waals surface area contributed by atoms with Crippen molar-refractivity contribution in [3.8, 4) is 11.8 Å². The maximum Gasteiger partial charge on any atom is 0.153 e. The Morgan fingerprint density at radius 2 is 2.05 bits per heavy atom. The highest BCUT2D eigenvalue weighted by Gasteiger charge is 2.22. The number of benzene rings is 1. The molecule has 0 unspecified atom stereocenters. The Hall–Kier alpha value is -1.54. The van der Waals surface area contributed by atoms with Gasteiger partial charge < -0.3 is 4.74 Å². The van der Waals surface area contributed by atoms with Crippen molar-refractivity contribution in [1.29, 1.82) is 5.26 Å². The number of rotatable bonds is 6. The summed E-state index contributed by atoms with van der Waals surface area (Å²) in [5.41, 5.74) is 0.510. The number of hydrogen-bond donors (Lipinski definition) is 0. The Morgan fingerprint density at radius 3 is 2.75 bits per heavy atom. The molecule has 1 aliphatic carbocycles. The zero-order valence-corrected chi connectivity index (χ0v) is 12.2. The predicted molar refractivity (Wildman–Crippen MR) is 77.3 cm³/mol. The van der Waals surface area contributed by atoms with Crippen molar-refractivity contribution in [2.45, 2.75) is 25.7 Å². The smallest absolute Gasteiger partial charge is 0.153 e. The lowest BCUT2D eigenvalue weighted by atomic mass is 10.1. The highest BCUT2D eigenvalue weighted by molar-refractivity contribution is 7.91. The predicted octanol–water partition coefficient (Wildman–Crippen LogP) is 2.54. The van der Waals surface area contributed by atoms with E-state index in [9.17, 15) is 8.42 Å². The minimum atomic E-state index is -3.04. The molecule has 0 aliphatic heterocycles. The van der Waals surface area contributed by atoms with Gasteiger partial charge in [0.1, 0.15) is 12.4 Å². The van der Waals surface area contributed by atoms with Crippen LogP contribution in [-0.4, -0.2) is 26.5 Å². The molecule has 0 bridgehead atoms. The summed E-state index contributed by atoms with van der Waals surface area (Å²) < 4.78 is 29.4. The van der Waals surface area contributed by atoms with E-state index < -0.39 is 9.84 Å². The Kier molecular flexibility index (Phi) is 5.02. The zero-order valence-electron chi connectivity index (χ0n) is 11.4. The van der Waals surface area contributed by atoms with Gasteiger partial charge in [0, 0.05) is 0 Å². The summed E-state index contributed by atoms with van der Waals surface area (Å²) in [6.45, 7) is 0.143. The van der Waals surface area contributed by atoms with Crippen LogP contribution in [0.5, 0.6) is 5.75 Å². The van der Waals surface area contributed by atoms with Crippen LogP contribution in [-0.2, 0) is 9.84 Å². The van der Waals surface area contributed by atoms with Crippen LogP contribution in [0, 0.1) is 17.2 Å². The summed E-state index contributed by atoms with van der Waals surface area (Å²) in [6, 6.07) is 8.77. The normalized spacial score (nSPS) is 15.9. The van der Waals surface area contributed by atoms with Crippen LogP contribution in [0.15, 0.2) is 24.3 Å². The van der Waals surface area contributed by atoms with E-state index in [2.05, 4.69) is 0 Å². The van der Waals surface area contributed by atoms with Gasteiger partial charge >= 0.3 is 0 Å². The van der Waals surface area contributed by atoms with Gasteiger partial charge in [-0.3, -0.25) is 0 Å². The first kappa shape index (κ1) is 14.9. The number of ether oxygens (including phenoxy) is 1. The third-order valence-corrected chi connectivity index (χ3v) is 5.36. The second-order valence-corrected chi connectivity index (χ2v) is 7.48. The molecule has 0 radical (unpaired) electrons. The minimum Gasteiger partial charge on any atom is -0.492 e. The van der Waals surface area contributed by atoms with Gasteiger partial charge in [-0.25, -0.2) is 8.42 Å². The number of hydrogen-bond acceptors (Lipinski definition) is 4. The summed E-state index contributed by atoms with van der Waals surface area (Å²) in [7, 11) is -3.04. The lowest BCUT2D eigenvalue weighted by molar-refractivity contribution is 0.340. The molecule has 1 fully saturated rings. The summed E-state index contributed by atoms with van der Waals surface area (Å²) in [4.78, 5) is 0.